The molecule has 9 heteroatoms. The number of carbonyl (C=O) groups excluding carboxylic acids is 2. The highest BCUT2D eigenvalue weighted by molar-refractivity contribution is 14.0. The highest BCUT2D eigenvalue weighted by Crippen LogP contribution is 2.43. The number of hydrogen-bond acceptors (Lipinski definition) is 4. The van der Waals surface area contributed by atoms with Crippen LogP contribution in [0.5, 0.6) is 0 Å². The Bertz CT molecular complexity index is 792. The van der Waals surface area contributed by atoms with E-state index in [-0.39, 0.29) is 41.8 Å². The van der Waals surface area contributed by atoms with Gasteiger partial charge in [0.1, 0.15) is 5.54 Å². The molecule has 2 saturated heterocycles. The third kappa shape index (κ3) is 3.95. The van der Waals surface area contributed by atoms with E-state index in [1.807, 2.05) is 30.0 Å². The monoisotopic (exact) mass is 499 g/mol. The zero-order chi connectivity index (χ0) is 19.0. The maximum absolute atomic E-state index is 12.9. The predicted molar refractivity (Wildman–Crippen MR) is 117 cm³/mol. The van der Waals surface area contributed by atoms with Crippen LogP contribution < -0.4 is 16.0 Å². The predicted octanol–water partition coefficient (Wildman–Crippen LogP) is 1.68. The molecule has 152 valence electrons. The molecule has 28 heavy (non-hydrogen) atoms. The molecule has 0 spiro atoms. The molecule has 0 bridgehead atoms. The number of aliphatic imine (C=N–C) groups is 1. The van der Waals surface area contributed by atoms with E-state index < -0.39 is 5.54 Å². The fourth-order valence-electron chi connectivity index (χ4n) is 3.69. The van der Waals surface area contributed by atoms with Crippen LogP contribution in [0.25, 0.3) is 0 Å². The number of guanidine groups is 1. The molecule has 0 aromatic heterocycles. The number of ether oxygens (including phenoxy) is 1. The molecule has 2 heterocycles. The first-order valence-electron chi connectivity index (χ1n) is 9.37. The van der Waals surface area contributed by atoms with E-state index in [1.54, 1.807) is 6.07 Å². The van der Waals surface area contributed by atoms with Crippen LogP contribution in [-0.2, 0) is 16.1 Å². The molecule has 1 unspecified atom stereocenters. The van der Waals surface area contributed by atoms with Gasteiger partial charge in [0.2, 0.25) is 0 Å². The summed E-state index contributed by atoms with van der Waals surface area (Å²) in [6.45, 7) is 4.98. The van der Waals surface area contributed by atoms with Crippen molar-refractivity contribution in [3.05, 3.63) is 29.8 Å². The van der Waals surface area contributed by atoms with Crippen LogP contribution in [0.15, 0.2) is 29.3 Å². The molecule has 1 aromatic rings. The number of amides is 3. The smallest absolute Gasteiger partial charge is 0.329 e. The lowest BCUT2D eigenvalue weighted by atomic mass is 9.96. The van der Waals surface area contributed by atoms with Gasteiger partial charge in [-0.05, 0) is 43.4 Å². The number of nitrogens with zero attached hydrogens (tertiary/aromatic N) is 3. The molecule has 3 amide bonds. The maximum Gasteiger partial charge on any atom is 0.329 e. The van der Waals surface area contributed by atoms with Crippen molar-refractivity contribution in [1.29, 1.82) is 0 Å². The Morgan fingerprint density at radius 2 is 2.04 bits per heavy atom. The average Bonchev–Trinajstić information content (AvgIpc) is 3.50. The minimum Gasteiger partial charge on any atom is -0.378 e. The van der Waals surface area contributed by atoms with Gasteiger partial charge < -0.3 is 20.7 Å². The molecule has 1 aromatic carbocycles. The van der Waals surface area contributed by atoms with Crippen LogP contribution in [-0.4, -0.2) is 54.6 Å². The molecular formula is C19H26IN5O3. The zero-order valence-corrected chi connectivity index (χ0v) is 18.2. The summed E-state index contributed by atoms with van der Waals surface area (Å²) < 4.78 is 5.32. The summed E-state index contributed by atoms with van der Waals surface area (Å²) in [4.78, 5) is 33.0. The van der Waals surface area contributed by atoms with Gasteiger partial charge in [0.25, 0.3) is 5.91 Å². The van der Waals surface area contributed by atoms with Crippen LogP contribution in [0, 0.1) is 5.92 Å². The lowest BCUT2D eigenvalue weighted by molar-refractivity contribution is -0.122. The van der Waals surface area contributed by atoms with Gasteiger partial charge in [-0.1, -0.05) is 12.1 Å². The van der Waals surface area contributed by atoms with Gasteiger partial charge in [-0.3, -0.25) is 4.79 Å². The van der Waals surface area contributed by atoms with Crippen molar-refractivity contribution in [2.24, 2.45) is 16.6 Å². The van der Waals surface area contributed by atoms with E-state index in [1.165, 1.54) is 4.90 Å². The molecule has 1 aliphatic carbocycles. The number of nitrogens with one attached hydrogen (secondary N) is 1. The number of imide groups is 1. The third-order valence-electron chi connectivity index (χ3n) is 5.54. The van der Waals surface area contributed by atoms with Gasteiger partial charge >= 0.3 is 6.03 Å². The van der Waals surface area contributed by atoms with E-state index in [0.717, 1.165) is 31.5 Å². The molecule has 8 nitrogen and oxygen atoms in total. The summed E-state index contributed by atoms with van der Waals surface area (Å²) in [6, 6.07) is 6.99. The van der Waals surface area contributed by atoms with Crippen LogP contribution in [0.4, 0.5) is 10.5 Å². The van der Waals surface area contributed by atoms with Crippen molar-refractivity contribution in [3.8, 4) is 0 Å². The second-order valence-corrected chi connectivity index (χ2v) is 7.49. The number of anilines is 1. The Balaban J connectivity index is 0.00000225. The number of benzene rings is 1. The summed E-state index contributed by atoms with van der Waals surface area (Å²) in [5.74, 6) is 0.545. The molecule has 1 saturated carbocycles. The first kappa shape index (κ1) is 20.8. The van der Waals surface area contributed by atoms with E-state index in [9.17, 15) is 9.59 Å². The quantitative estimate of drug-likeness (QED) is 0.284. The summed E-state index contributed by atoms with van der Waals surface area (Å²) in [6.07, 6.45) is 1.96. The van der Waals surface area contributed by atoms with Crippen LogP contribution >= 0.6 is 24.0 Å². The van der Waals surface area contributed by atoms with E-state index in [0.29, 0.717) is 31.4 Å². The first-order valence-corrected chi connectivity index (χ1v) is 9.37. The van der Waals surface area contributed by atoms with Gasteiger partial charge in [0, 0.05) is 13.1 Å². The second kappa shape index (κ2) is 8.24. The normalized spacial score (nSPS) is 25.5. The second-order valence-electron chi connectivity index (χ2n) is 7.49. The van der Waals surface area contributed by atoms with Gasteiger partial charge in [-0.15, -0.1) is 24.0 Å². The number of morpholine rings is 1. The van der Waals surface area contributed by atoms with E-state index in [2.05, 4.69) is 10.3 Å². The molecule has 2 aliphatic heterocycles. The fraction of sp³-hybridized carbons (Fsp3) is 0.526. The Morgan fingerprint density at radius 1 is 1.32 bits per heavy atom. The number of hydrogen-bond donors (Lipinski definition) is 2. The number of halogens is 1. The average molecular weight is 499 g/mol. The number of urea groups is 1. The molecular weight excluding hydrogens is 473 g/mol. The highest BCUT2D eigenvalue weighted by atomic mass is 127. The van der Waals surface area contributed by atoms with Crippen molar-refractivity contribution < 1.29 is 14.3 Å². The molecule has 1 atom stereocenters. The summed E-state index contributed by atoms with van der Waals surface area (Å²) >= 11 is 0. The van der Waals surface area contributed by atoms with Gasteiger partial charge in [0.15, 0.2) is 5.96 Å². The van der Waals surface area contributed by atoms with E-state index in [4.69, 9.17) is 10.5 Å². The first-order chi connectivity index (χ1) is 13.0. The molecule has 4 rings (SSSR count). The third-order valence-corrected chi connectivity index (χ3v) is 5.54. The van der Waals surface area contributed by atoms with Crippen molar-refractivity contribution in [1.82, 2.24) is 10.2 Å². The Kier molecular flexibility index (Phi) is 6.13. The Morgan fingerprint density at radius 3 is 2.71 bits per heavy atom. The minimum absolute atomic E-state index is 0. The Hall–Kier alpha value is -1.88. The fourth-order valence-corrected chi connectivity index (χ4v) is 3.69. The highest BCUT2D eigenvalue weighted by Gasteiger charge is 2.56. The number of carbonyl (C=O) groups is 2. The van der Waals surface area contributed by atoms with Crippen molar-refractivity contribution in [3.63, 3.8) is 0 Å². The van der Waals surface area contributed by atoms with Crippen molar-refractivity contribution >= 4 is 47.6 Å². The summed E-state index contributed by atoms with van der Waals surface area (Å²) in [7, 11) is 0. The topological polar surface area (TPSA) is 100 Å². The van der Waals surface area contributed by atoms with Gasteiger partial charge in [0.05, 0.1) is 25.4 Å². The molecule has 0 radical (unpaired) electrons. The maximum atomic E-state index is 12.9. The molecule has 3 aliphatic rings. The molecule has 3 fully saturated rings. The molecule has 3 N–H and O–H groups in total. The van der Waals surface area contributed by atoms with E-state index >= 15 is 0 Å². The minimum atomic E-state index is -0.786. The SMILES string of the molecule is CC1(C2CC2)NC(=O)N(c2cccc(CN=C(N)N3CCOCC3)c2)C1=O.I. The van der Waals surface area contributed by atoms with Gasteiger partial charge in [-0.25, -0.2) is 14.7 Å². The lowest BCUT2D eigenvalue weighted by Gasteiger charge is -2.27. The van der Waals surface area contributed by atoms with Crippen LogP contribution in [0.1, 0.15) is 25.3 Å². The van der Waals surface area contributed by atoms with Gasteiger partial charge in [-0.2, -0.15) is 0 Å². The lowest BCUT2D eigenvalue weighted by Crippen LogP contribution is -2.46. The number of nitrogens with two attached hydrogens (primary N) is 1. The largest absolute Gasteiger partial charge is 0.378 e. The number of rotatable bonds is 4. The van der Waals surface area contributed by atoms with Crippen LogP contribution in [0.3, 0.4) is 0 Å². The van der Waals surface area contributed by atoms with Crippen LogP contribution in [0.2, 0.25) is 0 Å². The zero-order valence-electron chi connectivity index (χ0n) is 15.9. The van der Waals surface area contributed by atoms with Crippen molar-refractivity contribution in [2.45, 2.75) is 31.8 Å². The standard InChI is InChI=1S/C19H25N5O3.HI/c1-19(14-5-6-14)16(25)24(18(26)22-19)15-4-2-3-13(11-15)12-21-17(20)23-7-9-27-10-8-23;/h2-4,11,14H,5-10,12H2,1H3,(H2,20,21)(H,22,26);1H. The Labute approximate surface area is 181 Å². The van der Waals surface area contributed by atoms with Crippen molar-refractivity contribution in [2.75, 3.05) is 31.2 Å². The summed E-state index contributed by atoms with van der Waals surface area (Å²) in [5.41, 5.74) is 6.74. The summed E-state index contributed by atoms with van der Waals surface area (Å²) in [5, 5.41) is 2.87.